The van der Waals surface area contributed by atoms with Crippen molar-refractivity contribution in [3.63, 3.8) is 0 Å². The van der Waals surface area contributed by atoms with Crippen LogP contribution in [0.2, 0.25) is 0 Å². The van der Waals surface area contributed by atoms with E-state index < -0.39 is 17.6 Å². The van der Waals surface area contributed by atoms with E-state index in [1.165, 1.54) is 18.4 Å². The monoisotopic (exact) mass is 453 g/mol. The number of para-hydroxylation sites is 1. The van der Waals surface area contributed by atoms with Gasteiger partial charge in [-0.25, -0.2) is 4.79 Å². The van der Waals surface area contributed by atoms with E-state index in [1.54, 1.807) is 30.5 Å². The zero-order valence-corrected chi connectivity index (χ0v) is 19.7. The molecule has 32 heavy (non-hydrogen) atoms. The van der Waals surface area contributed by atoms with E-state index in [9.17, 15) is 14.4 Å². The van der Waals surface area contributed by atoms with E-state index in [2.05, 4.69) is 10.3 Å². The molecule has 7 nitrogen and oxygen atoms in total. The first kappa shape index (κ1) is 23.4. The van der Waals surface area contributed by atoms with Gasteiger partial charge in [-0.3, -0.25) is 9.59 Å². The molecule has 0 radical (unpaired) electrons. The van der Waals surface area contributed by atoms with Gasteiger partial charge >= 0.3 is 5.97 Å². The van der Waals surface area contributed by atoms with Gasteiger partial charge in [-0.15, -0.1) is 0 Å². The average Bonchev–Trinajstić information content (AvgIpc) is 3.11. The Morgan fingerprint density at radius 1 is 1.12 bits per heavy atom. The van der Waals surface area contributed by atoms with Crippen molar-refractivity contribution >= 4 is 39.3 Å². The Morgan fingerprint density at radius 3 is 2.41 bits per heavy atom. The number of aryl methyl sites for hydroxylation is 1. The second kappa shape index (κ2) is 9.48. The third kappa shape index (κ3) is 4.80. The number of nitrogens with zero attached hydrogens (tertiary/aromatic N) is 2. The standard InChI is InChI=1S/C24H27N3O4S/c1-6-17(21(29)26-24(3,4)22(30)31-5)27-18-9-7-8-10-19(18)32-23(27)25-20(28)16-13-11-15(2)12-14-16/h7-14,17H,6H2,1-5H3,(H,26,29). The van der Waals surface area contributed by atoms with Gasteiger partial charge < -0.3 is 14.6 Å². The number of rotatable bonds is 6. The van der Waals surface area contributed by atoms with Crippen LogP contribution < -0.4 is 10.1 Å². The van der Waals surface area contributed by atoms with Crippen LogP contribution in [0.5, 0.6) is 0 Å². The first-order valence-corrected chi connectivity index (χ1v) is 11.2. The summed E-state index contributed by atoms with van der Waals surface area (Å²) in [6.45, 7) is 7.00. The number of amides is 2. The molecule has 3 rings (SSSR count). The smallest absolute Gasteiger partial charge is 0.330 e. The van der Waals surface area contributed by atoms with Crippen LogP contribution >= 0.6 is 11.3 Å². The molecule has 1 unspecified atom stereocenters. The lowest BCUT2D eigenvalue weighted by atomic mass is 10.0. The molecule has 0 fully saturated rings. The molecule has 0 spiro atoms. The molecule has 0 saturated heterocycles. The zero-order valence-electron chi connectivity index (χ0n) is 18.8. The minimum Gasteiger partial charge on any atom is -0.467 e. The average molecular weight is 454 g/mol. The van der Waals surface area contributed by atoms with Crippen LogP contribution in [0.3, 0.4) is 0 Å². The molecular weight excluding hydrogens is 426 g/mol. The van der Waals surface area contributed by atoms with Gasteiger partial charge in [0.15, 0.2) is 4.80 Å². The van der Waals surface area contributed by atoms with Gasteiger partial charge in [-0.05, 0) is 51.5 Å². The number of hydrogen-bond acceptors (Lipinski definition) is 5. The van der Waals surface area contributed by atoms with Gasteiger partial charge in [-0.2, -0.15) is 4.99 Å². The third-order valence-electron chi connectivity index (χ3n) is 5.16. The highest BCUT2D eigenvalue weighted by atomic mass is 32.1. The van der Waals surface area contributed by atoms with Crippen molar-refractivity contribution in [2.24, 2.45) is 4.99 Å². The summed E-state index contributed by atoms with van der Waals surface area (Å²) < 4.78 is 7.48. The number of aromatic nitrogens is 1. The van der Waals surface area contributed by atoms with Crippen molar-refractivity contribution in [3.05, 3.63) is 64.5 Å². The Balaban J connectivity index is 2.09. The largest absolute Gasteiger partial charge is 0.467 e. The van der Waals surface area contributed by atoms with Crippen LogP contribution in [0.4, 0.5) is 0 Å². The zero-order chi connectivity index (χ0) is 23.5. The van der Waals surface area contributed by atoms with Gasteiger partial charge in [0.05, 0.1) is 17.3 Å². The quantitative estimate of drug-likeness (QED) is 0.576. The van der Waals surface area contributed by atoms with Crippen molar-refractivity contribution in [3.8, 4) is 0 Å². The summed E-state index contributed by atoms with van der Waals surface area (Å²) in [5, 5.41) is 2.77. The Morgan fingerprint density at radius 2 is 1.78 bits per heavy atom. The van der Waals surface area contributed by atoms with Gasteiger partial charge in [0.25, 0.3) is 5.91 Å². The lowest BCUT2D eigenvalue weighted by Crippen LogP contribution is -2.52. The van der Waals surface area contributed by atoms with Gasteiger partial charge in [-0.1, -0.05) is 48.1 Å². The molecule has 1 heterocycles. The molecular formula is C24H27N3O4S. The van der Waals surface area contributed by atoms with Crippen LogP contribution in [0.1, 0.15) is 49.2 Å². The highest BCUT2D eigenvalue weighted by molar-refractivity contribution is 7.16. The van der Waals surface area contributed by atoms with Crippen molar-refractivity contribution in [2.75, 3.05) is 7.11 Å². The molecule has 0 saturated carbocycles. The molecule has 168 valence electrons. The van der Waals surface area contributed by atoms with E-state index >= 15 is 0 Å². The van der Waals surface area contributed by atoms with Crippen LogP contribution in [0.15, 0.2) is 53.5 Å². The summed E-state index contributed by atoms with van der Waals surface area (Å²) in [6.07, 6.45) is 0.440. The van der Waals surface area contributed by atoms with Gasteiger partial charge in [0.1, 0.15) is 11.6 Å². The third-order valence-corrected chi connectivity index (χ3v) is 6.20. The van der Waals surface area contributed by atoms with Crippen LogP contribution in [-0.2, 0) is 14.3 Å². The molecule has 0 aliphatic carbocycles. The van der Waals surface area contributed by atoms with Crippen molar-refractivity contribution in [1.82, 2.24) is 9.88 Å². The predicted molar refractivity (Wildman–Crippen MR) is 124 cm³/mol. The maximum absolute atomic E-state index is 13.2. The number of fused-ring (bicyclic) bond motifs is 1. The molecule has 8 heteroatoms. The Bertz CT molecular complexity index is 1220. The SMILES string of the molecule is CCC(C(=O)NC(C)(C)C(=O)OC)n1c(=NC(=O)c2ccc(C)cc2)sc2ccccc21. The summed E-state index contributed by atoms with van der Waals surface area (Å²) >= 11 is 1.34. The number of hydrogen-bond donors (Lipinski definition) is 1. The number of benzene rings is 2. The molecule has 2 aromatic carbocycles. The van der Waals surface area contributed by atoms with Gasteiger partial charge in [0, 0.05) is 5.56 Å². The summed E-state index contributed by atoms with van der Waals surface area (Å²) in [7, 11) is 1.28. The molecule has 1 N–H and O–H groups in total. The minimum absolute atomic E-state index is 0.351. The maximum Gasteiger partial charge on any atom is 0.330 e. The summed E-state index contributed by atoms with van der Waals surface area (Å²) in [6, 6.07) is 14.1. The Hall–Kier alpha value is -3.26. The Labute approximate surface area is 190 Å². The second-order valence-electron chi connectivity index (χ2n) is 8.04. The van der Waals surface area contributed by atoms with E-state index in [1.807, 2.05) is 50.2 Å². The number of esters is 1. The van der Waals surface area contributed by atoms with E-state index in [-0.39, 0.29) is 11.8 Å². The van der Waals surface area contributed by atoms with Crippen LogP contribution in [0, 0.1) is 6.92 Å². The lowest BCUT2D eigenvalue weighted by molar-refractivity contribution is -0.149. The van der Waals surface area contributed by atoms with Gasteiger partial charge in [0.2, 0.25) is 5.91 Å². The molecule has 3 aromatic rings. The van der Waals surface area contributed by atoms with Crippen molar-refractivity contribution in [2.45, 2.75) is 45.7 Å². The number of methoxy groups -OCH3 is 1. The van der Waals surface area contributed by atoms with Crippen molar-refractivity contribution < 1.29 is 19.1 Å². The number of thiazole rings is 1. The van der Waals surface area contributed by atoms with E-state index in [0.717, 1.165) is 15.8 Å². The molecule has 0 aliphatic rings. The highest BCUT2D eigenvalue weighted by Crippen LogP contribution is 2.23. The highest BCUT2D eigenvalue weighted by Gasteiger charge is 2.34. The summed E-state index contributed by atoms with van der Waals surface area (Å²) in [5.74, 6) is -1.27. The maximum atomic E-state index is 13.2. The summed E-state index contributed by atoms with van der Waals surface area (Å²) in [4.78, 5) is 43.0. The number of carbonyl (C=O) groups is 3. The number of carbonyl (C=O) groups excluding carboxylic acids is 3. The van der Waals surface area contributed by atoms with Crippen molar-refractivity contribution in [1.29, 1.82) is 0 Å². The van der Waals surface area contributed by atoms with Crippen LogP contribution in [0.25, 0.3) is 10.2 Å². The van der Waals surface area contributed by atoms with Crippen LogP contribution in [-0.4, -0.2) is 35.0 Å². The number of ether oxygens (including phenoxy) is 1. The lowest BCUT2D eigenvalue weighted by Gasteiger charge is -2.26. The fourth-order valence-electron chi connectivity index (χ4n) is 3.40. The first-order valence-electron chi connectivity index (χ1n) is 10.3. The van der Waals surface area contributed by atoms with E-state index in [0.29, 0.717) is 16.8 Å². The number of nitrogens with one attached hydrogen (secondary N) is 1. The fourth-order valence-corrected chi connectivity index (χ4v) is 4.47. The molecule has 1 atom stereocenters. The minimum atomic E-state index is -1.19. The first-order chi connectivity index (χ1) is 15.2. The molecule has 2 amide bonds. The predicted octanol–water partition coefficient (Wildman–Crippen LogP) is 3.77. The Kier molecular flexibility index (Phi) is 6.93. The molecule has 0 aliphatic heterocycles. The molecule has 0 bridgehead atoms. The molecule has 1 aromatic heterocycles. The second-order valence-corrected chi connectivity index (χ2v) is 9.04. The summed E-state index contributed by atoms with van der Waals surface area (Å²) in [5.41, 5.74) is 1.13. The van der Waals surface area contributed by atoms with E-state index in [4.69, 9.17) is 4.74 Å². The normalized spacial score (nSPS) is 13.1. The fraction of sp³-hybridized carbons (Fsp3) is 0.333. The topological polar surface area (TPSA) is 89.8 Å².